The summed E-state index contributed by atoms with van der Waals surface area (Å²) in [6.07, 6.45) is -0.103. The Morgan fingerprint density at radius 2 is 1.59 bits per heavy atom. The third-order valence-electron chi connectivity index (χ3n) is 1.05. The minimum absolute atomic E-state index is 0. The van der Waals surface area contributed by atoms with E-state index in [0.717, 1.165) is 0 Å². The van der Waals surface area contributed by atoms with E-state index in [2.05, 4.69) is 11.3 Å². The van der Waals surface area contributed by atoms with Gasteiger partial charge >= 0.3 is 23.0 Å². The predicted octanol–water partition coefficient (Wildman–Crippen LogP) is -0.986. The van der Waals surface area contributed by atoms with Crippen molar-refractivity contribution in [1.82, 2.24) is 0 Å². The Hall–Kier alpha value is -1.17. The first kappa shape index (κ1) is 24.9. The summed E-state index contributed by atoms with van der Waals surface area (Å²) in [7, 11) is 0. The van der Waals surface area contributed by atoms with Crippen LogP contribution >= 0.6 is 0 Å². The van der Waals surface area contributed by atoms with E-state index < -0.39 is 11.9 Å². The van der Waals surface area contributed by atoms with E-state index in [-0.39, 0.29) is 40.3 Å². The fourth-order valence-corrected chi connectivity index (χ4v) is 0.415. The van der Waals surface area contributed by atoms with E-state index in [0.29, 0.717) is 6.61 Å². The molecule has 17 heavy (non-hydrogen) atoms. The van der Waals surface area contributed by atoms with Crippen molar-refractivity contribution in [3.8, 4) is 0 Å². The maximum atomic E-state index is 10.4. The van der Waals surface area contributed by atoms with Gasteiger partial charge in [-0.1, -0.05) is 6.58 Å². The molecule has 0 aliphatic rings. The average Bonchev–Trinajstić information content (AvgIpc) is 2.03. The first-order chi connectivity index (χ1) is 6.81. The monoisotopic (exact) mass is 296 g/mol. The fourth-order valence-electron chi connectivity index (χ4n) is 0.415. The van der Waals surface area contributed by atoms with Crippen molar-refractivity contribution in [3.63, 3.8) is 0 Å². The van der Waals surface area contributed by atoms with Crippen LogP contribution in [-0.2, 0) is 36.2 Å². The van der Waals surface area contributed by atoms with Crippen molar-refractivity contribution < 1.29 is 46.8 Å². The number of hydrogen-bond acceptors (Lipinski definition) is 5. The molecule has 0 aliphatic heterocycles. The normalized spacial score (nSPS) is 7.24. The minimum atomic E-state index is -1.19. The maximum absolute atomic E-state index is 10.4. The number of carbonyl (C=O) groups is 3. The van der Waals surface area contributed by atoms with Crippen LogP contribution in [0.2, 0.25) is 0 Å². The molecule has 0 amide bonds. The molecule has 6 nitrogen and oxygen atoms in total. The summed E-state index contributed by atoms with van der Waals surface area (Å²) in [6.45, 7) is 7.88. The SMILES string of the molecule is C=C(C)C(=O)[O-].CCOC(=O)CC(C)=O.O.[Cu+]. The molecule has 0 radical (unpaired) electrons. The van der Waals surface area contributed by atoms with Gasteiger partial charge in [-0.25, -0.2) is 0 Å². The third kappa shape index (κ3) is 25.3. The van der Waals surface area contributed by atoms with Crippen LogP contribution in [0.5, 0.6) is 0 Å². The van der Waals surface area contributed by atoms with E-state index in [1.807, 2.05) is 0 Å². The minimum Gasteiger partial charge on any atom is -0.545 e. The van der Waals surface area contributed by atoms with Crippen LogP contribution in [0.4, 0.5) is 0 Å². The number of Topliss-reactive ketones (excluding diaryl/α,β-unsaturated/α-hetero) is 1. The van der Waals surface area contributed by atoms with Crippen LogP contribution in [0.1, 0.15) is 27.2 Å². The molecule has 7 heteroatoms. The number of carbonyl (C=O) groups excluding carboxylic acids is 3. The molecule has 0 saturated heterocycles. The molecule has 0 unspecified atom stereocenters. The molecule has 0 aromatic carbocycles. The molecular formula is C10H17CuO6. The Bertz CT molecular complexity index is 250. The molecule has 0 aromatic rings. The van der Waals surface area contributed by atoms with Crippen LogP contribution in [-0.4, -0.2) is 29.8 Å². The van der Waals surface area contributed by atoms with Crippen molar-refractivity contribution in [1.29, 1.82) is 0 Å². The molecule has 0 saturated carbocycles. The summed E-state index contributed by atoms with van der Waals surface area (Å²) in [6, 6.07) is 0. The maximum Gasteiger partial charge on any atom is 1.00 e. The van der Waals surface area contributed by atoms with Gasteiger partial charge in [0.2, 0.25) is 0 Å². The summed E-state index contributed by atoms with van der Waals surface area (Å²) in [5.41, 5.74) is 0.0648. The molecule has 0 spiro atoms. The van der Waals surface area contributed by atoms with Gasteiger partial charge in [0.25, 0.3) is 0 Å². The second-order valence-corrected chi connectivity index (χ2v) is 2.75. The van der Waals surface area contributed by atoms with E-state index in [9.17, 15) is 19.5 Å². The first-order valence-corrected chi connectivity index (χ1v) is 4.33. The molecular weight excluding hydrogens is 280 g/mol. The number of ether oxygens (including phenoxy) is 1. The van der Waals surface area contributed by atoms with Gasteiger partial charge in [-0.15, -0.1) is 0 Å². The van der Waals surface area contributed by atoms with Crippen LogP contribution in [0.25, 0.3) is 0 Å². The Morgan fingerprint density at radius 3 is 1.76 bits per heavy atom. The summed E-state index contributed by atoms with van der Waals surface area (Å²) < 4.78 is 4.49. The molecule has 0 bridgehead atoms. The average molecular weight is 297 g/mol. The molecule has 0 fully saturated rings. The van der Waals surface area contributed by atoms with E-state index in [4.69, 9.17) is 0 Å². The molecule has 104 valence electrons. The van der Waals surface area contributed by atoms with Crippen molar-refractivity contribution in [3.05, 3.63) is 12.2 Å². The summed E-state index contributed by atoms with van der Waals surface area (Å²) in [4.78, 5) is 30.1. The van der Waals surface area contributed by atoms with Gasteiger partial charge in [0.15, 0.2) is 0 Å². The van der Waals surface area contributed by atoms with Gasteiger partial charge in [0, 0.05) is 0 Å². The van der Waals surface area contributed by atoms with Gasteiger partial charge in [-0.05, 0) is 26.3 Å². The van der Waals surface area contributed by atoms with Gasteiger partial charge in [0.05, 0.1) is 12.6 Å². The summed E-state index contributed by atoms with van der Waals surface area (Å²) >= 11 is 0. The molecule has 0 rings (SSSR count). The van der Waals surface area contributed by atoms with E-state index in [1.54, 1.807) is 6.92 Å². The Labute approximate surface area is 111 Å². The Balaban J connectivity index is -0.0000000945. The summed E-state index contributed by atoms with van der Waals surface area (Å²) in [5.74, 6) is -1.78. The molecule has 0 heterocycles. The molecule has 0 atom stereocenters. The number of aliphatic carboxylic acids is 1. The molecule has 0 aliphatic carbocycles. The van der Waals surface area contributed by atoms with Crippen molar-refractivity contribution in [2.75, 3.05) is 6.61 Å². The summed E-state index contributed by atoms with van der Waals surface area (Å²) in [5, 5.41) is 9.49. The number of ketones is 1. The van der Waals surface area contributed by atoms with Crippen LogP contribution in [0.15, 0.2) is 12.2 Å². The quantitative estimate of drug-likeness (QED) is 0.286. The number of rotatable bonds is 4. The topological polar surface area (TPSA) is 115 Å². The van der Waals surface area contributed by atoms with Crippen molar-refractivity contribution in [2.45, 2.75) is 27.2 Å². The number of esters is 1. The molecule has 0 aromatic heterocycles. The fraction of sp³-hybridized carbons (Fsp3) is 0.500. The van der Waals surface area contributed by atoms with Crippen molar-refractivity contribution >= 4 is 17.7 Å². The van der Waals surface area contributed by atoms with E-state index >= 15 is 0 Å². The standard InChI is InChI=1S/C6H10O3.C4H6O2.Cu.H2O/c1-3-9-6(8)4-5(2)7;1-3(2)4(5)6;;/h3-4H2,1-2H3;1H2,2H3,(H,5,6);;1H2/q;;+1;/p-1. The predicted molar refractivity (Wildman–Crippen MR) is 55.4 cm³/mol. The number of carboxylic acids is 1. The van der Waals surface area contributed by atoms with Gasteiger partial charge < -0.3 is 20.1 Å². The Kier molecular flexibility index (Phi) is 21.7. The van der Waals surface area contributed by atoms with Gasteiger partial charge in [0.1, 0.15) is 12.2 Å². The zero-order valence-corrected chi connectivity index (χ0v) is 10.9. The van der Waals surface area contributed by atoms with Crippen molar-refractivity contribution in [2.24, 2.45) is 0 Å². The second kappa shape index (κ2) is 14.8. The second-order valence-electron chi connectivity index (χ2n) is 2.75. The number of hydrogen-bond donors (Lipinski definition) is 0. The largest absolute Gasteiger partial charge is 1.00 e. The number of carboxylic acid groups (broad SMARTS) is 1. The van der Waals surface area contributed by atoms with Gasteiger partial charge in [-0.3, -0.25) is 9.59 Å². The van der Waals surface area contributed by atoms with Crippen LogP contribution in [0.3, 0.4) is 0 Å². The van der Waals surface area contributed by atoms with Gasteiger partial charge in [-0.2, -0.15) is 0 Å². The first-order valence-electron chi connectivity index (χ1n) is 4.33. The van der Waals surface area contributed by atoms with Crippen LogP contribution in [0, 0.1) is 0 Å². The van der Waals surface area contributed by atoms with Crippen LogP contribution < -0.4 is 5.11 Å². The molecule has 2 N–H and O–H groups in total. The zero-order chi connectivity index (χ0) is 12.4. The van der Waals surface area contributed by atoms with E-state index in [1.165, 1.54) is 13.8 Å². The smallest absolute Gasteiger partial charge is 0.545 e. The zero-order valence-electron chi connectivity index (χ0n) is 9.96. The third-order valence-corrected chi connectivity index (χ3v) is 1.05. The Morgan fingerprint density at radius 1 is 1.24 bits per heavy atom.